The minimum atomic E-state index is -1.06. The summed E-state index contributed by atoms with van der Waals surface area (Å²) in [5, 5.41) is 0. The highest BCUT2D eigenvalue weighted by Crippen LogP contribution is 2.69. The number of esters is 5. The quantitative estimate of drug-likeness (QED) is 0.169. The van der Waals surface area contributed by atoms with Crippen LogP contribution in [0.4, 0.5) is 0 Å². The average Bonchev–Trinajstić information content (AvgIpc) is 3.56. The van der Waals surface area contributed by atoms with Crippen molar-refractivity contribution in [3.63, 3.8) is 0 Å². The van der Waals surface area contributed by atoms with Crippen molar-refractivity contribution in [1.82, 2.24) is 0 Å². The van der Waals surface area contributed by atoms with Crippen molar-refractivity contribution in [1.29, 1.82) is 0 Å². The second kappa shape index (κ2) is 11.8. The number of carbonyl (C=O) groups excluding carboxylic acids is 5. The van der Waals surface area contributed by atoms with E-state index in [4.69, 9.17) is 28.4 Å². The predicted octanol–water partition coefficient (Wildman–Crippen LogP) is 3.38. The SMILES string of the molecule is C/C=C(\C)C(=O)O[C@@H](C[C@@]1(C)[C@H](C)C[C@H](OC(C)=O)[C@]2(COC(C)=O)[C@@H]1[C@H](OC(C)=O)CC[C@]21CO1)C1=CC(=O)OC1. The molecule has 11 nitrogen and oxygen atoms in total. The van der Waals surface area contributed by atoms with Gasteiger partial charge in [-0.3, -0.25) is 14.4 Å². The maximum atomic E-state index is 13.0. The van der Waals surface area contributed by atoms with Crippen molar-refractivity contribution in [2.24, 2.45) is 22.7 Å². The number of allylic oxidation sites excluding steroid dienone is 1. The summed E-state index contributed by atoms with van der Waals surface area (Å²) in [6.45, 7) is 11.7. The number of ether oxygens (including phenoxy) is 6. The summed E-state index contributed by atoms with van der Waals surface area (Å²) in [4.78, 5) is 62.2. The Morgan fingerprint density at radius 3 is 2.29 bits per heavy atom. The molecule has 0 bridgehead atoms. The van der Waals surface area contributed by atoms with Crippen LogP contribution >= 0.6 is 0 Å². The molecule has 42 heavy (non-hydrogen) atoms. The van der Waals surface area contributed by atoms with E-state index in [1.807, 2.05) is 13.8 Å². The number of fused-ring (bicyclic) bond motifs is 2. The van der Waals surface area contributed by atoms with Gasteiger partial charge in [-0.1, -0.05) is 19.9 Å². The first-order valence-corrected chi connectivity index (χ1v) is 14.5. The van der Waals surface area contributed by atoms with Gasteiger partial charge in [0.05, 0.1) is 12.0 Å². The van der Waals surface area contributed by atoms with Crippen molar-refractivity contribution >= 4 is 29.8 Å². The second-order valence-electron chi connectivity index (χ2n) is 12.4. The van der Waals surface area contributed by atoms with Gasteiger partial charge in [0.15, 0.2) is 0 Å². The fourth-order valence-corrected chi connectivity index (χ4v) is 7.62. The van der Waals surface area contributed by atoms with E-state index in [1.54, 1.807) is 19.9 Å². The van der Waals surface area contributed by atoms with Crippen LogP contribution in [-0.2, 0) is 52.4 Å². The molecule has 3 fully saturated rings. The van der Waals surface area contributed by atoms with Gasteiger partial charge in [0.1, 0.15) is 37.1 Å². The zero-order chi connectivity index (χ0) is 31.0. The number of cyclic esters (lactones) is 1. The van der Waals surface area contributed by atoms with Crippen LogP contribution in [0.2, 0.25) is 0 Å². The van der Waals surface area contributed by atoms with Gasteiger partial charge in [0.2, 0.25) is 0 Å². The third-order valence-electron chi connectivity index (χ3n) is 9.95. The summed E-state index contributed by atoms with van der Waals surface area (Å²) >= 11 is 0. The lowest BCUT2D eigenvalue weighted by atomic mass is 9.42. The summed E-state index contributed by atoms with van der Waals surface area (Å²) in [5.74, 6) is -3.20. The van der Waals surface area contributed by atoms with E-state index in [-0.39, 0.29) is 25.6 Å². The molecule has 2 aliphatic heterocycles. The monoisotopic (exact) mass is 590 g/mol. The molecule has 2 aliphatic carbocycles. The Bertz CT molecular complexity index is 1200. The first kappa shape index (κ1) is 31.7. The molecule has 8 atom stereocenters. The number of carbonyl (C=O) groups is 5. The number of epoxide rings is 1. The molecule has 0 unspecified atom stereocenters. The molecule has 2 saturated carbocycles. The van der Waals surface area contributed by atoms with Crippen LogP contribution in [0.1, 0.15) is 74.1 Å². The van der Waals surface area contributed by atoms with E-state index >= 15 is 0 Å². The minimum absolute atomic E-state index is 0.0180. The molecule has 4 rings (SSSR count). The van der Waals surface area contributed by atoms with E-state index in [1.165, 1.54) is 26.8 Å². The average molecular weight is 591 g/mol. The van der Waals surface area contributed by atoms with Gasteiger partial charge < -0.3 is 28.4 Å². The molecule has 1 spiro atoms. The van der Waals surface area contributed by atoms with Crippen LogP contribution in [-0.4, -0.2) is 73.6 Å². The van der Waals surface area contributed by atoms with Crippen molar-refractivity contribution in [2.45, 2.75) is 98.1 Å². The van der Waals surface area contributed by atoms with E-state index in [9.17, 15) is 24.0 Å². The summed E-state index contributed by atoms with van der Waals surface area (Å²) in [5.41, 5.74) is -1.65. The number of hydrogen-bond donors (Lipinski definition) is 0. The Morgan fingerprint density at radius 1 is 1.10 bits per heavy atom. The van der Waals surface area contributed by atoms with Gasteiger partial charge in [-0.15, -0.1) is 0 Å². The van der Waals surface area contributed by atoms with Crippen LogP contribution in [0.5, 0.6) is 0 Å². The van der Waals surface area contributed by atoms with E-state index in [0.29, 0.717) is 37.0 Å². The van der Waals surface area contributed by atoms with Crippen LogP contribution in [0.3, 0.4) is 0 Å². The lowest BCUT2D eigenvalue weighted by Crippen LogP contribution is -2.71. The van der Waals surface area contributed by atoms with Crippen LogP contribution < -0.4 is 0 Å². The molecule has 232 valence electrons. The summed E-state index contributed by atoms with van der Waals surface area (Å²) in [6, 6.07) is 0. The van der Waals surface area contributed by atoms with E-state index in [0.717, 1.165) is 0 Å². The van der Waals surface area contributed by atoms with Crippen molar-refractivity contribution in [2.75, 3.05) is 19.8 Å². The molecule has 11 heteroatoms. The molecule has 0 aromatic carbocycles. The Hall–Kier alpha value is -3.21. The largest absolute Gasteiger partial charge is 0.465 e. The fourth-order valence-electron chi connectivity index (χ4n) is 7.62. The number of rotatable bonds is 9. The van der Waals surface area contributed by atoms with Crippen molar-refractivity contribution in [3.05, 3.63) is 23.3 Å². The van der Waals surface area contributed by atoms with Gasteiger partial charge in [-0.25, -0.2) is 9.59 Å². The number of hydrogen-bond acceptors (Lipinski definition) is 11. The molecule has 0 N–H and O–H groups in total. The van der Waals surface area contributed by atoms with E-state index in [2.05, 4.69) is 0 Å². The summed E-state index contributed by atoms with van der Waals surface area (Å²) in [7, 11) is 0. The fraction of sp³-hybridized carbons (Fsp3) is 0.710. The van der Waals surface area contributed by atoms with E-state index < -0.39 is 70.5 Å². The van der Waals surface area contributed by atoms with Crippen molar-refractivity contribution < 1.29 is 52.4 Å². The standard InChI is InChI=1S/C31H42O11/c1-8-17(2)28(36)42-24(22-12-26(35)37-14-22)13-29(7)18(3)11-25(41-21(6)34)31(16-38-19(4)32)27(29)23(40-20(5)33)9-10-30(31)15-39-30/h8,12,18,23-25,27H,9-11,13-16H2,1-7H3/b17-8+/t18-,23-,24+,25+,27-,29+,30+,31-/m1/s1. The van der Waals surface area contributed by atoms with Gasteiger partial charge in [0, 0.05) is 43.9 Å². The van der Waals surface area contributed by atoms with Crippen LogP contribution in [0.15, 0.2) is 23.3 Å². The summed E-state index contributed by atoms with van der Waals surface area (Å²) < 4.78 is 35.1. The van der Waals surface area contributed by atoms with Crippen molar-refractivity contribution in [3.8, 4) is 0 Å². The Labute approximate surface area is 246 Å². The Morgan fingerprint density at radius 2 is 1.76 bits per heavy atom. The molecule has 1 saturated heterocycles. The molecule has 2 heterocycles. The highest BCUT2D eigenvalue weighted by atomic mass is 16.6. The topological polar surface area (TPSA) is 144 Å². The second-order valence-corrected chi connectivity index (χ2v) is 12.4. The Kier molecular flexibility index (Phi) is 8.92. The maximum Gasteiger partial charge on any atom is 0.333 e. The van der Waals surface area contributed by atoms with Gasteiger partial charge >= 0.3 is 29.8 Å². The highest BCUT2D eigenvalue weighted by molar-refractivity contribution is 5.88. The van der Waals surface area contributed by atoms with Crippen LogP contribution in [0, 0.1) is 22.7 Å². The molecule has 4 aliphatic rings. The minimum Gasteiger partial charge on any atom is -0.465 e. The molecule has 0 radical (unpaired) electrons. The lowest BCUT2D eigenvalue weighted by Gasteiger charge is -2.64. The zero-order valence-electron chi connectivity index (χ0n) is 25.5. The van der Waals surface area contributed by atoms with Gasteiger partial charge in [-0.05, 0) is 50.9 Å². The lowest BCUT2D eigenvalue weighted by molar-refractivity contribution is -0.259. The Balaban J connectivity index is 1.88. The first-order chi connectivity index (χ1) is 19.7. The molecular formula is C31H42O11. The molecule has 0 amide bonds. The van der Waals surface area contributed by atoms with Gasteiger partial charge in [0.25, 0.3) is 0 Å². The normalized spacial score (nSPS) is 36.2. The molecule has 0 aromatic rings. The van der Waals surface area contributed by atoms with Crippen LogP contribution in [0.25, 0.3) is 0 Å². The third kappa shape index (κ3) is 5.72. The zero-order valence-corrected chi connectivity index (χ0v) is 25.5. The predicted molar refractivity (Wildman–Crippen MR) is 146 cm³/mol. The third-order valence-corrected chi connectivity index (χ3v) is 9.95. The highest BCUT2D eigenvalue weighted by Gasteiger charge is 2.77. The smallest absolute Gasteiger partial charge is 0.333 e. The summed E-state index contributed by atoms with van der Waals surface area (Å²) in [6.07, 6.45) is 2.46. The maximum absolute atomic E-state index is 13.0. The molecular weight excluding hydrogens is 548 g/mol. The first-order valence-electron chi connectivity index (χ1n) is 14.5. The molecule has 0 aromatic heterocycles. The van der Waals surface area contributed by atoms with Gasteiger partial charge in [-0.2, -0.15) is 0 Å².